The van der Waals surface area contributed by atoms with Crippen molar-refractivity contribution in [2.45, 2.75) is 64.5 Å². The molecule has 3 rings (SSSR count). The van der Waals surface area contributed by atoms with Gasteiger partial charge in [-0.25, -0.2) is 9.97 Å². The van der Waals surface area contributed by atoms with Gasteiger partial charge in [0.05, 0.1) is 0 Å². The first-order valence-electron chi connectivity index (χ1n) is 8.10. The van der Waals surface area contributed by atoms with E-state index in [2.05, 4.69) is 22.2 Å². The van der Waals surface area contributed by atoms with Gasteiger partial charge in [-0.2, -0.15) is 0 Å². The molecule has 1 unspecified atom stereocenters. The van der Waals surface area contributed by atoms with Crippen LogP contribution in [0.25, 0.3) is 0 Å². The van der Waals surface area contributed by atoms with Crippen LogP contribution in [0.4, 0.5) is 5.82 Å². The predicted octanol–water partition coefficient (Wildman–Crippen LogP) is 2.76. The molecule has 5 heteroatoms. The Bertz CT molecular complexity index is 527. The molecular formula is C16H24N4O. The van der Waals surface area contributed by atoms with Crippen molar-refractivity contribution in [3.8, 4) is 0 Å². The van der Waals surface area contributed by atoms with Gasteiger partial charge in [-0.1, -0.05) is 6.92 Å². The number of nitrogens with zero attached hydrogens (tertiary/aromatic N) is 3. The first-order valence-corrected chi connectivity index (χ1v) is 8.10. The van der Waals surface area contributed by atoms with Crippen molar-refractivity contribution >= 4 is 11.7 Å². The molecule has 0 bridgehead atoms. The molecule has 1 aromatic rings. The summed E-state index contributed by atoms with van der Waals surface area (Å²) in [6.07, 6.45) is 6.83. The second-order valence-electron chi connectivity index (χ2n) is 6.16. The Morgan fingerprint density at radius 3 is 2.86 bits per heavy atom. The molecule has 2 fully saturated rings. The van der Waals surface area contributed by atoms with E-state index in [1.165, 1.54) is 19.3 Å². The van der Waals surface area contributed by atoms with E-state index in [-0.39, 0.29) is 5.91 Å². The number of anilines is 1. The lowest BCUT2D eigenvalue weighted by atomic mass is 9.99. The summed E-state index contributed by atoms with van der Waals surface area (Å²) in [6, 6.07) is 2.71. The zero-order valence-corrected chi connectivity index (χ0v) is 12.9. The molecule has 2 aliphatic rings. The molecule has 1 atom stereocenters. The highest BCUT2D eigenvalue weighted by Gasteiger charge is 2.28. The molecule has 1 aliphatic carbocycles. The largest absolute Gasteiger partial charge is 0.367 e. The third kappa shape index (κ3) is 3.34. The van der Waals surface area contributed by atoms with Crippen LogP contribution >= 0.6 is 0 Å². The number of carbonyl (C=O) groups excluding carboxylic acids is 1. The summed E-state index contributed by atoms with van der Waals surface area (Å²) < 4.78 is 0. The minimum atomic E-state index is 0.0610. The van der Waals surface area contributed by atoms with Gasteiger partial charge in [-0.05, 0) is 45.4 Å². The number of piperidine rings is 1. The number of nitrogens with one attached hydrogen (secondary N) is 1. The number of hydrogen-bond donors (Lipinski definition) is 1. The summed E-state index contributed by atoms with van der Waals surface area (Å²) in [7, 11) is 0. The maximum atomic E-state index is 12.8. The molecule has 0 aromatic carbocycles. The number of rotatable bonds is 4. The fourth-order valence-corrected chi connectivity index (χ4v) is 3.03. The van der Waals surface area contributed by atoms with E-state index in [0.717, 1.165) is 31.6 Å². The SMILES string of the molecule is CCC1CCCCN1C(=O)c1cc(NC2CC2)nc(C)n1. The Hall–Kier alpha value is -1.65. The number of amides is 1. The summed E-state index contributed by atoms with van der Waals surface area (Å²) in [5.74, 6) is 1.51. The Kier molecular flexibility index (Phi) is 4.08. The van der Waals surface area contributed by atoms with Crippen LogP contribution in [-0.4, -0.2) is 39.4 Å². The first kappa shape index (κ1) is 14.3. The van der Waals surface area contributed by atoms with Crippen molar-refractivity contribution in [3.05, 3.63) is 17.6 Å². The maximum Gasteiger partial charge on any atom is 0.272 e. The molecular weight excluding hydrogens is 264 g/mol. The summed E-state index contributed by atoms with van der Waals surface area (Å²) >= 11 is 0. The van der Waals surface area contributed by atoms with Gasteiger partial charge < -0.3 is 10.2 Å². The molecule has 1 N–H and O–H groups in total. The first-order chi connectivity index (χ1) is 10.2. The van der Waals surface area contributed by atoms with Gasteiger partial charge >= 0.3 is 0 Å². The predicted molar refractivity (Wildman–Crippen MR) is 82.4 cm³/mol. The molecule has 1 aliphatic heterocycles. The van der Waals surface area contributed by atoms with Crippen LogP contribution in [0.15, 0.2) is 6.07 Å². The van der Waals surface area contributed by atoms with E-state index < -0.39 is 0 Å². The van der Waals surface area contributed by atoms with Crippen molar-refractivity contribution in [2.24, 2.45) is 0 Å². The summed E-state index contributed by atoms with van der Waals surface area (Å²) in [4.78, 5) is 23.5. The van der Waals surface area contributed by atoms with E-state index >= 15 is 0 Å². The van der Waals surface area contributed by atoms with Crippen LogP contribution in [0.2, 0.25) is 0 Å². The lowest BCUT2D eigenvalue weighted by Gasteiger charge is -2.35. The molecule has 114 valence electrons. The minimum Gasteiger partial charge on any atom is -0.367 e. The van der Waals surface area contributed by atoms with Crippen molar-refractivity contribution in [3.63, 3.8) is 0 Å². The Morgan fingerprint density at radius 1 is 1.33 bits per heavy atom. The van der Waals surface area contributed by atoms with Crippen molar-refractivity contribution in [1.29, 1.82) is 0 Å². The minimum absolute atomic E-state index is 0.0610. The number of aryl methyl sites for hydroxylation is 1. The van der Waals surface area contributed by atoms with Gasteiger partial charge in [-0.15, -0.1) is 0 Å². The Labute approximate surface area is 126 Å². The zero-order valence-electron chi connectivity index (χ0n) is 12.9. The molecule has 0 radical (unpaired) electrons. The second-order valence-corrected chi connectivity index (χ2v) is 6.16. The summed E-state index contributed by atoms with van der Waals surface area (Å²) in [6.45, 7) is 4.86. The quantitative estimate of drug-likeness (QED) is 0.925. The number of likely N-dealkylation sites (tertiary alicyclic amines) is 1. The molecule has 5 nitrogen and oxygen atoms in total. The number of carbonyl (C=O) groups is 1. The molecule has 21 heavy (non-hydrogen) atoms. The molecule has 1 saturated carbocycles. The Morgan fingerprint density at radius 2 is 2.14 bits per heavy atom. The van der Waals surface area contributed by atoms with E-state index in [4.69, 9.17) is 0 Å². The zero-order chi connectivity index (χ0) is 14.8. The third-order valence-corrected chi connectivity index (χ3v) is 4.35. The van der Waals surface area contributed by atoms with Gasteiger partial charge in [-0.3, -0.25) is 4.79 Å². The smallest absolute Gasteiger partial charge is 0.272 e. The normalized spacial score (nSPS) is 22.2. The van der Waals surface area contributed by atoms with Gasteiger partial charge in [0, 0.05) is 24.7 Å². The van der Waals surface area contributed by atoms with E-state index in [0.29, 0.717) is 23.6 Å². The molecule has 2 heterocycles. The molecule has 1 aromatic heterocycles. The highest BCUT2D eigenvalue weighted by molar-refractivity contribution is 5.93. The highest BCUT2D eigenvalue weighted by atomic mass is 16.2. The fraction of sp³-hybridized carbons (Fsp3) is 0.688. The highest BCUT2D eigenvalue weighted by Crippen LogP contribution is 2.25. The third-order valence-electron chi connectivity index (χ3n) is 4.35. The monoisotopic (exact) mass is 288 g/mol. The molecule has 1 amide bonds. The standard InChI is InChI=1S/C16H24N4O/c1-3-13-6-4-5-9-20(13)16(21)14-10-15(18-11(2)17-14)19-12-7-8-12/h10,12-13H,3-9H2,1-2H3,(H,17,18,19). The Balaban J connectivity index is 1.80. The van der Waals surface area contributed by atoms with E-state index in [9.17, 15) is 4.79 Å². The van der Waals surface area contributed by atoms with Crippen LogP contribution in [0.3, 0.4) is 0 Å². The lowest BCUT2D eigenvalue weighted by Crippen LogP contribution is -2.43. The van der Waals surface area contributed by atoms with Crippen LogP contribution in [0, 0.1) is 6.92 Å². The van der Waals surface area contributed by atoms with Gasteiger partial charge in [0.2, 0.25) is 0 Å². The summed E-state index contributed by atoms with van der Waals surface area (Å²) in [5, 5.41) is 3.36. The van der Waals surface area contributed by atoms with E-state index in [1.54, 1.807) is 0 Å². The second kappa shape index (κ2) is 6.00. The fourth-order valence-electron chi connectivity index (χ4n) is 3.03. The lowest BCUT2D eigenvalue weighted by molar-refractivity contribution is 0.0601. The average molecular weight is 288 g/mol. The van der Waals surface area contributed by atoms with Crippen molar-refractivity contribution in [2.75, 3.05) is 11.9 Å². The van der Waals surface area contributed by atoms with Gasteiger partial charge in [0.15, 0.2) is 0 Å². The van der Waals surface area contributed by atoms with Crippen molar-refractivity contribution < 1.29 is 4.79 Å². The maximum absolute atomic E-state index is 12.8. The van der Waals surface area contributed by atoms with Crippen LogP contribution in [0.5, 0.6) is 0 Å². The topological polar surface area (TPSA) is 58.1 Å². The molecule has 0 spiro atoms. The van der Waals surface area contributed by atoms with Crippen LogP contribution in [0.1, 0.15) is 61.8 Å². The number of aromatic nitrogens is 2. The van der Waals surface area contributed by atoms with Gasteiger partial charge in [0.1, 0.15) is 17.3 Å². The van der Waals surface area contributed by atoms with Crippen LogP contribution < -0.4 is 5.32 Å². The van der Waals surface area contributed by atoms with Crippen molar-refractivity contribution in [1.82, 2.24) is 14.9 Å². The van der Waals surface area contributed by atoms with Gasteiger partial charge in [0.25, 0.3) is 5.91 Å². The summed E-state index contributed by atoms with van der Waals surface area (Å²) in [5.41, 5.74) is 0.533. The van der Waals surface area contributed by atoms with Crippen LogP contribution in [-0.2, 0) is 0 Å². The number of hydrogen-bond acceptors (Lipinski definition) is 4. The average Bonchev–Trinajstić information content (AvgIpc) is 3.29. The molecule has 1 saturated heterocycles. The van der Waals surface area contributed by atoms with E-state index in [1.807, 2.05) is 17.9 Å².